The summed E-state index contributed by atoms with van der Waals surface area (Å²) < 4.78 is 43.6. The van der Waals surface area contributed by atoms with E-state index >= 15 is 0 Å². The van der Waals surface area contributed by atoms with E-state index in [0.717, 1.165) is 55.5 Å². The summed E-state index contributed by atoms with van der Waals surface area (Å²) in [6.45, 7) is 6.47. The van der Waals surface area contributed by atoms with Crippen LogP contribution >= 0.6 is 0 Å². The molecule has 0 saturated heterocycles. The fourth-order valence-corrected chi connectivity index (χ4v) is 4.60. The van der Waals surface area contributed by atoms with Gasteiger partial charge in [-0.15, -0.1) is 0 Å². The number of carbonyl (C=O) groups excluding carboxylic acids is 1. The first kappa shape index (κ1) is 26.4. The van der Waals surface area contributed by atoms with Crippen molar-refractivity contribution in [3.8, 4) is 5.75 Å². The van der Waals surface area contributed by atoms with Crippen LogP contribution in [0.3, 0.4) is 0 Å². The Morgan fingerprint density at radius 3 is 2.29 bits per heavy atom. The molecule has 0 N–H and O–H groups in total. The van der Waals surface area contributed by atoms with Gasteiger partial charge in [-0.2, -0.15) is 8.42 Å². The molecular formula is C28H32FNO4S. The van der Waals surface area contributed by atoms with E-state index < -0.39 is 15.9 Å². The number of nitrogens with zero attached hydrogens (tertiary/aromatic N) is 1. The lowest BCUT2D eigenvalue weighted by molar-refractivity contribution is 0.0671. The van der Waals surface area contributed by atoms with E-state index in [2.05, 4.69) is 6.92 Å². The van der Waals surface area contributed by atoms with Gasteiger partial charge >= 0.3 is 10.1 Å². The topological polar surface area (TPSA) is 63.7 Å². The van der Waals surface area contributed by atoms with Crippen LogP contribution in [0.4, 0.5) is 4.39 Å². The molecule has 5 nitrogen and oxygen atoms in total. The molecule has 0 fully saturated rings. The molecule has 1 unspecified atom stereocenters. The van der Waals surface area contributed by atoms with Crippen molar-refractivity contribution in [2.45, 2.75) is 63.9 Å². The van der Waals surface area contributed by atoms with Crippen molar-refractivity contribution in [1.82, 2.24) is 4.90 Å². The summed E-state index contributed by atoms with van der Waals surface area (Å²) in [5, 5.41) is 0. The van der Waals surface area contributed by atoms with E-state index in [-0.39, 0.29) is 22.6 Å². The molecule has 3 aromatic carbocycles. The summed E-state index contributed by atoms with van der Waals surface area (Å²) in [6, 6.07) is 18.9. The zero-order chi connectivity index (χ0) is 25.4. The maximum atomic E-state index is 13.4. The van der Waals surface area contributed by atoms with E-state index in [1.165, 1.54) is 11.6 Å². The molecule has 0 aliphatic heterocycles. The molecule has 0 aliphatic carbocycles. The summed E-state index contributed by atoms with van der Waals surface area (Å²) in [5.74, 6) is -0.480. The molecule has 0 aliphatic rings. The Kier molecular flexibility index (Phi) is 9.04. The predicted octanol–water partition coefficient (Wildman–Crippen LogP) is 6.38. The largest absolute Gasteiger partial charge is 0.379 e. The van der Waals surface area contributed by atoms with Crippen molar-refractivity contribution < 1.29 is 21.8 Å². The maximum Gasteiger partial charge on any atom is 0.339 e. The summed E-state index contributed by atoms with van der Waals surface area (Å²) in [4.78, 5) is 15.0. The number of unbranched alkanes of at least 4 members (excludes halogenated alkanes) is 1. The Bertz CT molecular complexity index is 1220. The molecule has 1 amide bonds. The predicted molar refractivity (Wildman–Crippen MR) is 135 cm³/mol. The first-order valence-corrected chi connectivity index (χ1v) is 13.3. The molecule has 1 atom stereocenters. The third-order valence-electron chi connectivity index (χ3n) is 5.96. The molecule has 0 spiro atoms. The van der Waals surface area contributed by atoms with Crippen LogP contribution in [0.15, 0.2) is 77.7 Å². The molecule has 0 bridgehead atoms. The van der Waals surface area contributed by atoms with E-state index in [1.54, 1.807) is 17.0 Å². The standard InChI is InChI=1S/C28H32FNO4S/c1-4-6-8-22-11-13-24(14-12-22)28(31)30(21(3)5-2)20-23-9-7-10-26(19-23)34-35(32,33)27-17-15-25(29)16-18-27/h7,9-19,21H,4-6,8,20H2,1-3H3. The molecule has 186 valence electrons. The quantitative estimate of drug-likeness (QED) is 0.289. The van der Waals surface area contributed by atoms with Gasteiger partial charge in [-0.3, -0.25) is 4.79 Å². The Hall–Kier alpha value is -3.19. The Labute approximate surface area is 207 Å². The van der Waals surface area contributed by atoms with Gasteiger partial charge in [0.15, 0.2) is 0 Å². The lowest BCUT2D eigenvalue weighted by Crippen LogP contribution is -2.37. The number of halogens is 1. The number of benzene rings is 3. The van der Waals surface area contributed by atoms with Gasteiger partial charge in [0.05, 0.1) is 0 Å². The number of hydrogen-bond acceptors (Lipinski definition) is 4. The number of hydrogen-bond donors (Lipinski definition) is 0. The highest BCUT2D eigenvalue weighted by Crippen LogP contribution is 2.23. The molecule has 35 heavy (non-hydrogen) atoms. The molecule has 3 rings (SSSR count). The average Bonchev–Trinajstić information content (AvgIpc) is 2.85. The molecular weight excluding hydrogens is 465 g/mol. The summed E-state index contributed by atoms with van der Waals surface area (Å²) in [5.41, 5.74) is 2.58. The highest BCUT2D eigenvalue weighted by atomic mass is 32.2. The number of amides is 1. The second-order valence-electron chi connectivity index (χ2n) is 8.63. The normalized spacial score (nSPS) is 12.2. The fourth-order valence-electron chi connectivity index (χ4n) is 3.68. The fraction of sp³-hybridized carbons (Fsp3) is 0.321. The maximum absolute atomic E-state index is 13.4. The van der Waals surface area contributed by atoms with Gasteiger partial charge < -0.3 is 9.08 Å². The van der Waals surface area contributed by atoms with E-state index in [0.29, 0.717) is 12.1 Å². The lowest BCUT2D eigenvalue weighted by Gasteiger charge is -2.29. The number of aryl methyl sites for hydroxylation is 1. The van der Waals surface area contributed by atoms with Crippen LogP contribution in [0.5, 0.6) is 5.75 Å². The second kappa shape index (κ2) is 12.0. The summed E-state index contributed by atoms with van der Waals surface area (Å²) in [6.07, 6.45) is 4.00. The SMILES string of the molecule is CCCCc1ccc(C(=O)N(Cc2cccc(OS(=O)(=O)c3ccc(F)cc3)c2)C(C)CC)cc1. The van der Waals surface area contributed by atoms with Crippen molar-refractivity contribution in [1.29, 1.82) is 0 Å². The molecule has 0 saturated carbocycles. The van der Waals surface area contributed by atoms with Gasteiger partial charge in [0.25, 0.3) is 5.91 Å². The van der Waals surface area contributed by atoms with Crippen molar-refractivity contribution in [2.75, 3.05) is 0 Å². The van der Waals surface area contributed by atoms with Crippen molar-refractivity contribution in [3.05, 3.63) is 95.3 Å². The van der Waals surface area contributed by atoms with E-state index in [4.69, 9.17) is 4.18 Å². The Balaban J connectivity index is 1.78. The number of rotatable bonds is 11. The van der Waals surface area contributed by atoms with Crippen LogP contribution in [0.2, 0.25) is 0 Å². The van der Waals surface area contributed by atoms with Gasteiger partial charge in [-0.05, 0) is 85.8 Å². The minimum absolute atomic E-state index is 0.0187. The van der Waals surface area contributed by atoms with Gasteiger partial charge in [0, 0.05) is 18.2 Å². The Morgan fingerprint density at radius 2 is 1.66 bits per heavy atom. The second-order valence-corrected chi connectivity index (χ2v) is 10.2. The first-order valence-electron chi connectivity index (χ1n) is 11.9. The van der Waals surface area contributed by atoms with E-state index in [1.807, 2.05) is 44.2 Å². The van der Waals surface area contributed by atoms with Crippen molar-refractivity contribution in [2.24, 2.45) is 0 Å². The molecule has 0 aromatic heterocycles. The van der Waals surface area contributed by atoms with Gasteiger partial charge in [-0.25, -0.2) is 4.39 Å². The minimum Gasteiger partial charge on any atom is -0.379 e. The van der Waals surface area contributed by atoms with Crippen LogP contribution in [0.1, 0.15) is 61.5 Å². The third-order valence-corrected chi connectivity index (χ3v) is 7.22. The van der Waals surface area contributed by atoms with Gasteiger partial charge in [0.2, 0.25) is 0 Å². The monoisotopic (exact) mass is 497 g/mol. The average molecular weight is 498 g/mol. The zero-order valence-electron chi connectivity index (χ0n) is 20.4. The highest BCUT2D eigenvalue weighted by molar-refractivity contribution is 7.87. The van der Waals surface area contributed by atoms with Crippen LogP contribution in [-0.2, 0) is 23.1 Å². The summed E-state index contributed by atoms with van der Waals surface area (Å²) in [7, 11) is -4.11. The third kappa shape index (κ3) is 7.15. The van der Waals surface area contributed by atoms with Gasteiger partial charge in [0.1, 0.15) is 16.5 Å². The lowest BCUT2D eigenvalue weighted by atomic mass is 10.0. The van der Waals surface area contributed by atoms with Crippen molar-refractivity contribution >= 4 is 16.0 Å². The zero-order valence-corrected chi connectivity index (χ0v) is 21.2. The first-order chi connectivity index (χ1) is 16.7. The minimum atomic E-state index is -4.11. The smallest absolute Gasteiger partial charge is 0.339 e. The molecule has 7 heteroatoms. The van der Waals surface area contributed by atoms with Crippen LogP contribution < -0.4 is 4.18 Å². The highest BCUT2D eigenvalue weighted by Gasteiger charge is 2.22. The summed E-state index contributed by atoms with van der Waals surface area (Å²) >= 11 is 0. The van der Waals surface area contributed by atoms with Crippen LogP contribution in [0, 0.1) is 5.82 Å². The van der Waals surface area contributed by atoms with Gasteiger partial charge in [-0.1, -0.05) is 44.5 Å². The van der Waals surface area contributed by atoms with Crippen molar-refractivity contribution in [3.63, 3.8) is 0 Å². The molecule has 3 aromatic rings. The van der Waals surface area contributed by atoms with Crippen LogP contribution in [0.25, 0.3) is 0 Å². The Morgan fingerprint density at radius 1 is 0.971 bits per heavy atom. The van der Waals surface area contributed by atoms with Crippen LogP contribution in [-0.4, -0.2) is 25.3 Å². The number of carbonyl (C=O) groups is 1. The molecule has 0 heterocycles. The molecule has 0 radical (unpaired) electrons. The van der Waals surface area contributed by atoms with E-state index in [9.17, 15) is 17.6 Å².